The molecule has 2 nitrogen and oxygen atoms in total. The first-order chi connectivity index (χ1) is 8.67. The number of rotatable bonds is 6. The average Bonchev–Trinajstić information content (AvgIpc) is 3.17. The Morgan fingerprint density at radius 3 is 2.67 bits per heavy atom. The van der Waals surface area contributed by atoms with Crippen molar-refractivity contribution in [2.45, 2.75) is 39.7 Å². The molecule has 1 fully saturated rings. The highest BCUT2D eigenvalue weighted by Gasteiger charge is 2.34. The molecule has 0 saturated heterocycles. The van der Waals surface area contributed by atoms with E-state index in [1.165, 1.54) is 24.0 Å². The second-order valence-electron chi connectivity index (χ2n) is 5.44. The van der Waals surface area contributed by atoms with Gasteiger partial charge in [0, 0.05) is 11.6 Å². The molecule has 1 aromatic carbocycles. The van der Waals surface area contributed by atoms with Crippen molar-refractivity contribution < 1.29 is 4.74 Å². The Balaban J connectivity index is 2.29. The number of ether oxygens (including phenoxy) is 1. The lowest BCUT2D eigenvalue weighted by molar-refractivity contribution is 0.314. The average molecular weight is 247 g/mol. The molecular weight excluding hydrogens is 222 g/mol. The predicted molar refractivity (Wildman–Crippen MR) is 76.0 cm³/mol. The smallest absolute Gasteiger partial charge is 0.124 e. The van der Waals surface area contributed by atoms with Crippen molar-refractivity contribution in [1.82, 2.24) is 5.32 Å². The van der Waals surface area contributed by atoms with Gasteiger partial charge in [-0.25, -0.2) is 0 Å². The largest absolute Gasteiger partial charge is 0.494 e. The molecular formula is C16H25NO. The van der Waals surface area contributed by atoms with E-state index in [1.807, 2.05) is 6.92 Å². The third-order valence-corrected chi connectivity index (χ3v) is 4.00. The van der Waals surface area contributed by atoms with E-state index in [4.69, 9.17) is 4.74 Å². The van der Waals surface area contributed by atoms with Gasteiger partial charge in [-0.3, -0.25) is 0 Å². The van der Waals surface area contributed by atoms with Gasteiger partial charge >= 0.3 is 0 Å². The van der Waals surface area contributed by atoms with Crippen molar-refractivity contribution in [3.05, 3.63) is 29.3 Å². The van der Waals surface area contributed by atoms with Crippen molar-refractivity contribution in [3.8, 4) is 5.75 Å². The monoisotopic (exact) mass is 247 g/mol. The molecule has 1 aromatic rings. The topological polar surface area (TPSA) is 21.3 Å². The quantitative estimate of drug-likeness (QED) is 0.827. The Morgan fingerprint density at radius 1 is 1.39 bits per heavy atom. The van der Waals surface area contributed by atoms with Crippen LogP contribution >= 0.6 is 0 Å². The lowest BCUT2D eigenvalue weighted by atomic mass is 9.89. The summed E-state index contributed by atoms with van der Waals surface area (Å²) in [6, 6.07) is 6.91. The summed E-state index contributed by atoms with van der Waals surface area (Å²) in [6.07, 6.45) is 2.77. The number of hydrogen-bond acceptors (Lipinski definition) is 2. The van der Waals surface area contributed by atoms with Crippen LogP contribution in [0, 0.1) is 18.8 Å². The molecule has 2 heteroatoms. The molecule has 18 heavy (non-hydrogen) atoms. The van der Waals surface area contributed by atoms with Crippen LogP contribution in [0.25, 0.3) is 0 Å². The summed E-state index contributed by atoms with van der Waals surface area (Å²) in [7, 11) is 2.06. The molecule has 2 unspecified atom stereocenters. The van der Waals surface area contributed by atoms with Crippen LogP contribution < -0.4 is 10.1 Å². The van der Waals surface area contributed by atoms with Crippen LogP contribution in [0.4, 0.5) is 0 Å². The molecule has 0 aromatic heterocycles. The Hall–Kier alpha value is -1.02. The maximum atomic E-state index is 5.79. The van der Waals surface area contributed by atoms with Crippen LogP contribution in [0.3, 0.4) is 0 Å². The predicted octanol–water partition coefficient (Wildman–Crippen LogP) is 3.70. The van der Waals surface area contributed by atoms with Gasteiger partial charge in [-0.15, -0.1) is 0 Å². The van der Waals surface area contributed by atoms with E-state index in [0.29, 0.717) is 12.0 Å². The molecule has 100 valence electrons. The van der Waals surface area contributed by atoms with Gasteiger partial charge < -0.3 is 10.1 Å². The number of aryl methyl sites for hydroxylation is 1. The van der Waals surface area contributed by atoms with Crippen LogP contribution in [0.1, 0.15) is 43.9 Å². The lowest BCUT2D eigenvalue weighted by Gasteiger charge is -2.26. The summed E-state index contributed by atoms with van der Waals surface area (Å²) >= 11 is 0. The molecule has 1 saturated carbocycles. The van der Waals surface area contributed by atoms with Gasteiger partial charge in [-0.2, -0.15) is 0 Å². The van der Waals surface area contributed by atoms with Gasteiger partial charge in [-0.1, -0.05) is 24.6 Å². The van der Waals surface area contributed by atoms with Crippen LogP contribution in [0.2, 0.25) is 0 Å². The zero-order chi connectivity index (χ0) is 13.1. The minimum Gasteiger partial charge on any atom is -0.494 e. The van der Waals surface area contributed by atoms with Gasteiger partial charge in [0.25, 0.3) is 0 Å². The highest BCUT2D eigenvalue weighted by atomic mass is 16.5. The van der Waals surface area contributed by atoms with Crippen LogP contribution in [-0.2, 0) is 0 Å². The van der Waals surface area contributed by atoms with Gasteiger partial charge in [0.15, 0.2) is 0 Å². The Labute approximate surface area is 111 Å². The van der Waals surface area contributed by atoms with E-state index >= 15 is 0 Å². The summed E-state index contributed by atoms with van der Waals surface area (Å²) < 4.78 is 5.79. The zero-order valence-electron chi connectivity index (χ0n) is 12.0. The number of hydrogen-bond donors (Lipinski definition) is 1. The van der Waals surface area contributed by atoms with Crippen molar-refractivity contribution in [1.29, 1.82) is 0 Å². The number of nitrogens with one attached hydrogen (secondary N) is 1. The second-order valence-corrected chi connectivity index (χ2v) is 5.44. The summed E-state index contributed by atoms with van der Waals surface area (Å²) in [6.45, 7) is 7.28. The molecule has 0 spiro atoms. The van der Waals surface area contributed by atoms with E-state index < -0.39 is 0 Å². The molecule has 1 aliphatic rings. The molecule has 0 radical (unpaired) electrons. The molecule has 1 N–H and O–H groups in total. The van der Waals surface area contributed by atoms with Gasteiger partial charge in [-0.05, 0) is 51.6 Å². The molecule has 1 aliphatic carbocycles. The molecule has 0 aliphatic heterocycles. The normalized spacial score (nSPS) is 18.4. The summed E-state index contributed by atoms with van der Waals surface area (Å²) in [4.78, 5) is 0. The fraction of sp³-hybridized carbons (Fsp3) is 0.625. The van der Waals surface area contributed by atoms with Crippen LogP contribution in [-0.4, -0.2) is 13.7 Å². The van der Waals surface area contributed by atoms with E-state index in [-0.39, 0.29) is 0 Å². The minimum atomic E-state index is 0.402. The Kier molecular flexibility index (Phi) is 4.28. The Bertz CT molecular complexity index is 398. The van der Waals surface area contributed by atoms with E-state index in [9.17, 15) is 0 Å². The highest BCUT2D eigenvalue weighted by Crippen LogP contribution is 2.44. The highest BCUT2D eigenvalue weighted by molar-refractivity contribution is 5.39. The molecule has 0 bridgehead atoms. The summed E-state index contributed by atoms with van der Waals surface area (Å²) in [5.74, 6) is 2.60. The van der Waals surface area contributed by atoms with Gasteiger partial charge in [0.2, 0.25) is 0 Å². The standard InChI is InChI=1S/C16H25NO/c1-5-18-15-9-6-11(2)10-14(15)16(17-4)12(3)13-7-8-13/h6,9-10,12-13,16-17H,5,7-8H2,1-4H3. The summed E-state index contributed by atoms with van der Waals surface area (Å²) in [5.41, 5.74) is 2.62. The minimum absolute atomic E-state index is 0.402. The fourth-order valence-corrected chi connectivity index (χ4v) is 2.79. The molecule has 2 rings (SSSR count). The maximum Gasteiger partial charge on any atom is 0.124 e. The molecule has 0 amide bonds. The second kappa shape index (κ2) is 5.75. The third kappa shape index (κ3) is 2.86. The van der Waals surface area contributed by atoms with Gasteiger partial charge in [0.1, 0.15) is 5.75 Å². The van der Waals surface area contributed by atoms with Crippen molar-refractivity contribution >= 4 is 0 Å². The van der Waals surface area contributed by atoms with Crippen LogP contribution in [0.5, 0.6) is 5.75 Å². The van der Waals surface area contributed by atoms with Crippen molar-refractivity contribution in [2.24, 2.45) is 11.8 Å². The SMILES string of the molecule is CCOc1ccc(C)cc1C(NC)C(C)C1CC1. The molecule has 0 heterocycles. The Morgan fingerprint density at radius 2 is 2.11 bits per heavy atom. The first-order valence-electron chi connectivity index (χ1n) is 7.08. The fourth-order valence-electron chi connectivity index (χ4n) is 2.79. The van der Waals surface area contributed by atoms with E-state index in [0.717, 1.165) is 18.3 Å². The first-order valence-corrected chi connectivity index (χ1v) is 7.08. The number of benzene rings is 1. The first kappa shape index (κ1) is 13.4. The van der Waals surface area contributed by atoms with Crippen molar-refractivity contribution in [2.75, 3.05) is 13.7 Å². The van der Waals surface area contributed by atoms with Crippen LogP contribution in [0.15, 0.2) is 18.2 Å². The van der Waals surface area contributed by atoms with E-state index in [2.05, 4.69) is 44.4 Å². The van der Waals surface area contributed by atoms with E-state index in [1.54, 1.807) is 0 Å². The zero-order valence-corrected chi connectivity index (χ0v) is 12.0. The maximum absolute atomic E-state index is 5.79. The van der Waals surface area contributed by atoms with Crippen molar-refractivity contribution in [3.63, 3.8) is 0 Å². The van der Waals surface area contributed by atoms with Gasteiger partial charge in [0.05, 0.1) is 6.61 Å². The molecule has 2 atom stereocenters. The third-order valence-electron chi connectivity index (χ3n) is 4.00. The lowest BCUT2D eigenvalue weighted by Crippen LogP contribution is -2.25. The summed E-state index contributed by atoms with van der Waals surface area (Å²) in [5, 5.41) is 3.49.